The Morgan fingerprint density at radius 2 is 1.61 bits per heavy atom. The summed E-state index contributed by atoms with van der Waals surface area (Å²) in [6.07, 6.45) is 0.760. The van der Waals surface area contributed by atoms with Crippen molar-refractivity contribution in [2.75, 3.05) is 27.7 Å². The first-order valence-electron chi connectivity index (χ1n) is 7.56. The van der Waals surface area contributed by atoms with Crippen LogP contribution in [0.5, 0.6) is 0 Å². The Kier molecular flexibility index (Phi) is 8.87. The van der Waals surface area contributed by atoms with Gasteiger partial charge in [0.15, 0.2) is 0 Å². The highest BCUT2D eigenvalue weighted by molar-refractivity contribution is 5.99. The highest BCUT2D eigenvalue weighted by atomic mass is 35.5. The summed E-state index contributed by atoms with van der Waals surface area (Å²) in [5, 5.41) is 0. The van der Waals surface area contributed by atoms with Crippen molar-refractivity contribution in [1.82, 2.24) is 9.80 Å². The fourth-order valence-corrected chi connectivity index (χ4v) is 2.04. The van der Waals surface area contributed by atoms with Crippen molar-refractivity contribution in [2.24, 2.45) is 11.7 Å². The van der Waals surface area contributed by atoms with Crippen molar-refractivity contribution in [3.05, 3.63) is 35.4 Å². The lowest BCUT2D eigenvalue weighted by atomic mass is 10.0. The van der Waals surface area contributed by atoms with Crippen LogP contribution >= 0.6 is 12.4 Å². The molecule has 2 N–H and O–H groups in total. The summed E-state index contributed by atoms with van der Waals surface area (Å²) in [4.78, 5) is 27.5. The van der Waals surface area contributed by atoms with Crippen molar-refractivity contribution in [3.8, 4) is 0 Å². The minimum atomic E-state index is -0.112. The van der Waals surface area contributed by atoms with Crippen molar-refractivity contribution < 1.29 is 9.59 Å². The van der Waals surface area contributed by atoms with Gasteiger partial charge in [0.05, 0.1) is 0 Å². The molecule has 6 heteroatoms. The summed E-state index contributed by atoms with van der Waals surface area (Å²) in [6.45, 7) is 4.75. The second-order valence-electron chi connectivity index (χ2n) is 6.20. The number of benzene rings is 1. The minimum Gasteiger partial charge on any atom is -0.345 e. The van der Waals surface area contributed by atoms with E-state index in [0.29, 0.717) is 23.6 Å². The number of nitrogens with zero attached hydrogens (tertiary/aromatic N) is 2. The number of rotatable bonds is 6. The Morgan fingerprint density at radius 1 is 1.09 bits per heavy atom. The molecule has 1 aromatic carbocycles. The molecule has 0 spiro atoms. The van der Waals surface area contributed by atoms with E-state index < -0.39 is 0 Å². The highest BCUT2D eigenvalue weighted by Crippen LogP contribution is 2.11. The van der Waals surface area contributed by atoms with Gasteiger partial charge in [0, 0.05) is 44.9 Å². The maximum Gasteiger partial charge on any atom is 0.253 e. The third kappa shape index (κ3) is 6.20. The smallest absolute Gasteiger partial charge is 0.253 e. The quantitative estimate of drug-likeness (QED) is 0.863. The van der Waals surface area contributed by atoms with Gasteiger partial charge in [0.25, 0.3) is 11.8 Å². The average Bonchev–Trinajstić information content (AvgIpc) is 2.50. The molecule has 0 heterocycles. The first-order chi connectivity index (χ1) is 10.2. The van der Waals surface area contributed by atoms with Gasteiger partial charge < -0.3 is 15.5 Å². The Labute approximate surface area is 145 Å². The van der Waals surface area contributed by atoms with Gasteiger partial charge in [-0.1, -0.05) is 19.9 Å². The molecule has 0 bridgehead atoms. The molecule has 0 saturated heterocycles. The van der Waals surface area contributed by atoms with Gasteiger partial charge in [0.2, 0.25) is 0 Å². The van der Waals surface area contributed by atoms with Crippen molar-refractivity contribution >= 4 is 24.2 Å². The molecule has 23 heavy (non-hydrogen) atoms. The van der Waals surface area contributed by atoms with E-state index >= 15 is 0 Å². The summed E-state index contributed by atoms with van der Waals surface area (Å²) in [5.74, 6) is 0.188. The van der Waals surface area contributed by atoms with Crippen molar-refractivity contribution in [1.29, 1.82) is 0 Å². The number of carbonyl (C=O) groups is 2. The van der Waals surface area contributed by atoms with Gasteiger partial charge >= 0.3 is 0 Å². The fourth-order valence-electron chi connectivity index (χ4n) is 2.04. The van der Waals surface area contributed by atoms with E-state index in [9.17, 15) is 9.59 Å². The van der Waals surface area contributed by atoms with Crippen molar-refractivity contribution in [3.63, 3.8) is 0 Å². The molecule has 0 aliphatic carbocycles. The molecule has 0 aliphatic heterocycles. The molecule has 5 nitrogen and oxygen atoms in total. The lowest BCUT2D eigenvalue weighted by Crippen LogP contribution is -2.34. The number of carbonyl (C=O) groups excluding carboxylic acids is 2. The van der Waals surface area contributed by atoms with Crippen LogP contribution in [-0.2, 0) is 0 Å². The lowest BCUT2D eigenvalue weighted by Gasteiger charge is -2.22. The van der Waals surface area contributed by atoms with E-state index in [1.165, 1.54) is 4.90 Å². The number of amides is 2. The average molecular weight is 342 g/mol. The highest BCUT2D eigenvalue weighted by Gasteiger charge is 2.16. The zero-order valence-electron chi connectivity index (χ0n) is 14.6. The molecule has 0 saturated carbocycles. The molecule has 0 aromatic heterocycles. The Morgan fingerprint density at radius 3 is 2.09 bits per heavy atom. The molecular formula is C17H28ClN3O2. The molecule has 0 radical (unpaired) electrons. The fraction of sp³-hybridized carbons (Fsp3) is 0.529. The Hall–Kier alpha value is -1.59. The van der Waals surface area contributed by atoms with E-state index in [0.717, 1.165) is 6.42 Å². The van der Waals surface area contributed by atoms with E-state index in [1.807, 2.05) is 0 Å². The van der Waals surface area contributed by atoms with Crippen LogP contribution in [0.25, 0.3) is 0 Å². The maximum absolute atomic E-state index is 12.4. The normalized spacial score (nSPS) is 11.6. The molecule has 2 amide bonds. The van der Waals surface area contributed by atoms with Gasteiger partial charge in [0.1, 0.15) is 0 Å². The van der Waals surface area contributed by atoms with Crippen LogP contribution in [0, 0.1) is 5.92 Å². The number of halogens is 1. The van der Waals surface area contributed by atoms with Crippen LogP contribution in [0.15, 0.2) is 24.3 Å². The number of hydrogen-bond donors (Lipinski definition) is 1. The lowest BCUT2D eigenvalue weighted by molar-refractivity contribution is 0.0789. The summed E-state index contributed by atoms with van der Waals surface area (Å²) < 4.78 is 0. The zero-order valence-corrected chi connectivity index (χ0v) is 15.4. The summed E-state index contributed by atoms with van der Waals surface area (Å²) in [6, 6.07) is 6.90. The predicted octanol–water partition coefficient (Wildman–Crippen LogP) is 2.26. The third-order valence-electron chi connectivity index (χ3n) is 3.76. The second kappa shape index (κ2) is 9.53. The third-order valence-corrected chi connectivity index (χ3v) is 3.76. The van der Waals surface area contributed by atoms with Crippen LogP contribution in [0.3, 0.4) is 0 Å². The zero-order chi connectivity index (χ0) is 16.9. The molecule has 0 fully saturated rings. The molecule has 1 rings (SSSR count). The molecule has 1 aromatic rings. The standard InChI is InChI=1S/C17H27N3O2.ClH/c1-12(2)15(18)9-10-20(5)17(22)14-8-6-7-13(11-14)16(21)19(3)4;/h6-8,11-12,15H,9-10,18H2,1-5H3;1H. The van der Waals surface area contributed by atoms with E-state index in [1.54, 1.807) is 50.3 Å². The van der Waals surface area contributed by atoms with Crippen LogP contribution in [-0.4, -0.2) is 55.3 Å². The maximum atomic E-state index is 12.4. The van der Waals surface area contributed by atoms with E-state index in [2.05, 4.69) is 13.8 Å². The van der Waals surface area contributed by atoms with Crippen molar-refractivity contribution in [2.45, 2.75) is 26.3 Å². The Bertz CT molecular complexity index is 532. The van der Waals surface area contributed by atoms with E-state index in [-0.39, 0.29) is 30.3 Å². The van der Waals surface area contributed by atoms with Gasteiger partial charge in [-0.3, -0.25) is 9.59 Å². The summed E-state index contributed by atoms with van der Waals surface area (Å²) >= 11 is 0. The molecule has 1 atom stereocenters. The second-order valence-corrected chi connectivity index (χ2v) is 6.20. The molecular weight excluding hydrogens is 314 g/mol. The van der Waals surface area contributed by atoms with Gasteiger partial charge in [-0.05, 0) is 30.5 Å². The first kappa shape index (κ1) is 21.4. The van der Waals surface area contributed by atoms with Crippen LogP contribution < -0.4 is 5.73 Å². The topological polar surface area (TPSA) is 66.6 Å². The van der Waals surface area contributed by atoms with Crippen LogP contribution in [0.4, 0.5) is 0 Å². The minimum absolute atomic E-state index is 0. The first-order valence-corrected chi connectivity index (χ1v) is 7.56. The molecule has 130 valence electrons. The summed E-state index contributed by atoms with van der Waals surface area (Å²) in [5.41, 5.74) is 7.05. The monoisotopic (exact) mass is 341 g/mol. The number of nitrogens with two attached hydrogens (primary N) is 1. The van der Waals surface area contributed by atoms with E-state index in [4.69, 9.17) is 5.73 Å². The SMILES string of the molecule is CC(C)C(N)CCN(C)C(=O)c1cccc(C(=O)N(C)C)c1.Cl. The largest absolute Gasteiger partial charge is 0.345 e. The summed E-state index contributed by atoms with van der Waals surface area (Å²) in [7, 11) is 5.14. The van der Waals surface area contributed by atoms with Crippen LogP contribution in [0.2, 0.25) is 0 Å². The Balaban J connectivity index is 0.00000484. The van der Waals surface area contributed by atoms with Gasteiger partial charge in [-0.25, -0.2) is 0 Å². The van der Waals surface area contributed by atoms with Gasteiger partial charge in [-0.15, -0.1) is 12.4 Å². The van der Waals surface area contributed by atoms with Gasteiger partial charge in [-0.2, -0.15) is 0 Å². The number of hydrogen-bond acceptors (Lipinski definition) is 3. The van der Waals surface area contributed by atoms with Crippen LogP contribution in [0.1, 0.15) is 41.0 Å². The molecule has 1 unspecified atom stereocenters. The molecule has 0 aliphatic rings. The predicted molar refractivity (Wildman–Crippen MR) is 96.1 cm³/mol.